The monoisotopic (exact) mass is 283 g/mol. The molecule has 0 aliphatic carbocycles. The third-order valence-corrected chi connectivity index (χ3v) is 2.63. The van der Waals surface area contributed by atoms with Crippen LogP contribution in [0.15, 0.2) is 24.3 Å². The van der Waals surface area contributed by atoms with Crippen molar-refractivity contribution in [2.24, 2.45) is 11.5 Å². The van der Waals surface area contributed by atoms with E-state index in [0.29, 0.717) is 10.6 Å². The lowest BCUT2D eigenvalue weighted by Gasteiger charge is -2.18. The summed E-state index contributed by atoms with van der Waals surface area (Å²) in [7, 11) is 0. The molecule has 0 radical (unpaired) electrons. The van der Waals surface area contributed by atoms with E-state index in [1.807, 2.05) is 0 Å². The molecule has 0 unspecified atom stereocenters. The number of primary amides is 2. The summed E-state index contributed by atoms with van der Waals surface area (Å²) in [6.45, 7) is -0.603. The Morgan fingerprint density at radius 3 is 2.00 bits per heavy atom. The number of carbonyl (C=O) groups excluding carboxylic acids is 3. The molecule has 0 saturated carbocycles. The van der Waals surface area contributed by atoms with Crippen LogP contribution >= 0.6 is 11.6 Å². The van der Waals surface area contributed by atoms with E-state index in [1.54, 1.807) is 24.3 Å². The molecule has 4 N–H and O–H groups in total. The van der Waals surface area contributed by atoms with Gasteiger partial charge < -0.3 is 11.5 Å². The summed E-state index contributed by atoms with van der Waals surface area (Å²) in [5, 5.41) is 0.311. The molecule has 0 atom stereocenters. The van der Waals surface area contributed by atoms with Gasteiger partial charge in [0.1, 0.15) is 0 Å². The van der Waals surface area contributed by atoms with Gasteiger partial charge in [0.05, 0.1) is 24.7 Å². The normalized spacial score (nSPS) is 10.4. The van der Waals surface area contributed by atoms with Crippen molar-refractivity contribution in [2.45, 2.75) is 0 Å². The number of nitrogens with two attached hydrogens (primary N) is 2. The van der Waals surface area contributed by atoms with Crippen LogP contribution in [0.5, 0.6) is 0 Å². The fourth-order valence-corrected chi connectivity index (χ4v) is 1.83. The second-order valence-corrected chi connectivity index (χ2v) is 4.39. The Morgan fingerprint density at radius 2 is 1.53 bits per heavy atom. The van der Waals surface area contributed by atoms with Gasteiger partial charge in [0, 0.05) is 5.56 Å². The number of nitrogens with zero attached hydrogens (tertiary/aromatic N) is 1. The van der Waals surface area contributed by atoms with Crippen LogP contribution in [0.4, 0.5) is 0 Å². The quantitative estimate of drug-likeness (QED) is 0.676. The van der Waals surface area contributed by atoms with Crippen LogP contribution in [0, 0.1) is 0 Å². The zero-order chi connectivity index (χ0) is 14.4. The average Bonchev–Trinajstić information content (AvgIpc) is 2.27. The molecule has 102 valence electrons. The molecular formula is C12H14ClN3O3. The van der Waals surface area contributed by atoms with Gasteiger partial charge in [-0.15, -0.1) is 0 Å². The standard InChI is InChI=1S/C12H14ClN3O3/c13-9-4-2-1-3-8(9)10(17)5-16(6-11(14)18)7-12(15)19/h1-4H,5-7H2,(H2,14,18)(H2,15,19). The van der Waals surface area contributed by atoms with Crippen LogP contribution in [0.3, 0.4) is 0 Å². The van der Waals surface area contributed by atoms with Gasteiger partial charge in [0.2, 0.25) is 11.8 Å². The second kappa shape index (κ2) is 6.86. The van der Waals surface area contributed by atoms with Crippen LogP contribution in [0.25, 0.3) is 0 Å². The third kappa shape index (κ3) is 5.07. The van der Waals surface area contributed by atoms with Crippen LogP contribution in [-0.2, 0) is 9.59 Å². The highest BCUT2D eigenvalue weighted by Gasteiger charge is 2.17. The molecule has 0 saturated heterocycles. The van der Waals surface area contributed by atoms with Crippen LogP contribution < -0.4 is 11.5 Å². The number of amides is 2. The molecule has 0 aromatic heterocycles. The predicted octanol–water partition coefficient (Wildman–Crippen LogP) is -0.205. The summed E-state index contributed by atoms with van der Waals surface area (Å²) in [5.74, 6) is -1.60. The Hall–Kier alpha value is -1.92. The smallest absolute Gasteiger partial charge is 0.231 e. The molecular weight excluding hydrogens is 270 g/mol. The van der Waals surface area contributed by atoms with Crippen molar-refractivity contribution in [1.82, 2.24) is 4.90 Å². The third-order valence-electron chi connectivity index (χ3n) is 2.30. The Bertz CT molecular complexity index is 489. The van der Waals surface area contributed by atoms with Crippen molar-refractivity contribution in [1.29, 1.82) is 0 Å². The van der Waals surface area contributed by atoms with Gasteiger partial charge in [-0.05, 0) is 12.1 Å². The molecule has 2 amide bonds. The van der Waals surface area contributed by atoms with Gasteiger partial charge in [0.15, 0.2) is 5.78 Å². The van der Waals surface area contributed by atoms with E-state index in [4.69, 9.17) is 23.1 Å². The minimum absolute atomic E-state index is 0.157. The minimum atomic E-state index is -0.645. The number of hydrogen-bond donors (Lipinski definition) is 2. The zero-order valence-corrected chi connectivity index (χ0v) is 10.9. The lowest BCUT2D eigenvalue weighted by atomic mass is 10.1. The zero-order valence-electron chi connectivity index (χ0n) is 10.1. The van der Waals surface area contributed by atoms with E-state index < -0.39 is 11.8 Å². The molecule has 19 heavy (non-hydrogen) atoms. The first-order valence-corrected chi connectivity index (χ1v) is 5.84. The predicted molar refractivity (Wildman–Crippen MR) is 70.6 cm³/mol. The van der Waals surface area contributed by atoms with Crippen molar-refractivity contribution < 1.29 is 14.4 Å². The van der Waals surface area contributed by atoms with Gasteiger partial charge >= 0.3 is 0 Å². The number of hydrogen-bond acceptors (Lipinski definition) is 4. The van der Waals surface area contributed by atoms with Gasteiger partial charge in [-0.2, -0.15) is 0 Å². The van der Waals surface area contributed by atoms with Gasteiger partial charge in [0.25, 0.3) is 0 Å². The number of ketones is 1. The Morgan fingerprint density at radius 1 is 1.00 bits per heavy atom. The largest absolute Gasteiger partial charge is 0.369 e. The van der Waals surface area contributed by atoms with E-state index in [9.17, 15) is 14.4 Å². The summed E-state index contributed by atoms with van der Waals surface area (Å²) in [4.78, 5) is 35.0. The van der Waals surface area contributed by atoms with Gasteiger partial charge in [-0.1, -0.05) is 23.7 Å². The van der Waals surface area contributed by atoms with E-state index >= 15 is 0 Å². The molecule has 0 aliphatic heterocycles. The first-order valence-electron chi connectivity index (χ1n) is 5.47. The maximum absolute atomic E-state index is 12.0. The Kier molecular flexibility index (Phi) is 5.47. The molecule has 7 heteroatoms. The molecule has 1 aromatic carbocycles. The maximum Gasteiger partial charge on any atom is 0.231 e. The highest BCUT2D eigenvalue weighted by Crippen LogP contribution is 2.15. The fraction of sp³-hybridized carbons (Fsp3) is 0.250. The van der Waals surface area contributed by atoms with E-state index in [2.05, 4.69) is 0 Å². The maximum atomic E-state index is 12.0. The highest BCUT2D eigenvalue weighted by atomic mass is 35.5. The summed E-state index contributed by atoms with van der Waals surface area (Å²) in [5.41, 5.74) is 10.4. The van der Waals surface area contributed by atoms with Crippen molar-refractivity contribution in [3.63, 3.8) is 0 Å². The topological polar surface area (TPSA) is 106 Å². The summed E-state index contributed by atoms with van der Waals surface area (Å²) in [6.07, 6.45) is 0. The van der Waals surface area contributed by atoms with E-state index in [1.165, 1.54) is 4.90 Å². The number of rotatable bonds is 7. The fourth-order valence-electron chi connectivity index (χ4n) is 1.58. The number of halogens is 1. The molecule has 0 heterocycles. The molecule has 1 rings (SSSR count). The minimum Gasteiger partial charge on any atom is -0.369 e. The molecule has 0 fully saturated rings. The molecule has 0 bridgehead atoms. The summed E-state index contributed by atoms with van der Waals surface area (Å²) >= 11 is 5.89. The highest BCUT2D eigenvalue weighted by molar-refractivity contribution is 6.34. The lowest BCUT2D eigenvalue weighted by Crippen LogP contribution is -2.42. The van der Waals surface area contributed by atoms with Crippen molar-refractivity contribution in [3.8, 4) is 0 Å². The number of benzene rings is 1. The van der Waals surface area contributed by atoms with Crippen molar-refractivity contribution in [2.75, 3.05) is 19.6 Å². The van der Waals surface area contributed by atoms with E-state index in [-0.39, 0.29) is 25.4 Å². The SMILES string of the molecule is NC(=O)CN(CC(N)=O)CC(=O)c1ccccc1Cl. The number of carbonyl (C=O) groups is 3. The first-order chi connectivity index (χ1) is 8.90. The Balaban J connectivity index is 2.78. The average molecular weight is 284 g/mol. The Labute approximate surface area is 115 Å². The van der Waals surface area contributed by atoms with E-state index in [0.717, 1.165) is 0 Å². The van der Waals surface area contributed by atoms with Crippen LogP contribution in [-0.4, -0.2) is 42.1 Å². The molecule has 0 spiro atoms. The lowest BCUT2D eigenvalue weighted by molar-refractivity contribution is -0.121. The summed E-state index contributed by atoms with van der Waals surface area (Å²) < 4.78 is 0. The second-order valence-electron chi connectivity index (χ2n) is 3.98. The van der Waals surface area contributed by atoms with Gasteiger partial charge in [-0.3, -0.25) is 19.3 Å². The number of Topliss-reactive ketones (excluding diaryl/α,β-unsaturated/α-hetero) is 1. The van der Waals surface area contributed by atoms with Crippen LogP contribution in [0.1, 0.15) is 10.4 Å². The van der Waals surface area contributed by atoms with Crippen molar-refractivity contribution >= 4 is 29.2 Å². The molecule has 1 aromatic rings. The molecule has 0 aliphatic rings. The summed E-state index contributed by atoms with van der Waals surface area (Å²) in [6, 6.07) is 6.52. The first kappa shape index (κ1) is 15.1. The molecule has 6 nitrogen and oxygen atoms in total. The van der Waals surface area contributed by atoms with Crippen LogP contribution in [0.2, 0.25) is 5.02 Å². The van der Waals surface area contributed by atoms with Gasteiger partial charge in [-0.25, -0.2) is 0 Å². The van der Waals surface area contributed by atoms with Crippen molar-refractivity contribution in [3.05, 3.63) is 34.9 Å².